The molecule has 0 aromatic carbocycles. The van der Waals surface area contributed by atoms with Gasteiger partial charge in [0.05, 0.1) is 7.85 Å². The lowest BCUT2D eigenvalue weighted by atomic mass is 10.2. The van der Waals surface area contributed by atoms with Crippen molar-refractivity contribution in [2.45, 2.75) is 27.1 Å². The maximum atomic E-state index is 9.79. The fourth-order valence-corrected chi connectivity index (χ4v) is 0.227. The Kier molecular flexibility index (Phi) is 13.2. The third kappa shape index (κ3) is 7.53. The molecule has 1 rings (SSSR count). The van der Waals surface area contributed by atoms with Gasteiger partial charge in [-0.25, -0.2) is 0 Å². The average Bonchev–Trinajstić information content (AvgIpc) is 1.93. The predicted molar refractivity (Wildman–Crippen MR) is 40.6 cm³/mol. The molecule has 1 saturated heterocycles. The van der Waals surface area contributed by atoms with Crippen molar-refractivity contribution >= 4 is 13.8 Å². The Bertz CT molecular complexity index is 60.1. The van der Waals surface area contributed by atoms with E-state index in [9.17, 15) is 4.79 Å². The molecule has 1 N–H and O–H groups in total. The van der Waals surface area contributed by atoms with E-state index in [1.165, 1.54) is 6.82 Å². The minimum absolute atomic E-state index is 0.185. The Hall–Kier alpha value is -0.465. The Balaban J connectivity index is 0. The van der Waals surface area contributed by atoms with Gasteiger partial charge in [-0.3, -0.25) is 4.79 Å². The number of carbonyl (C=O) groups is 1. The topological polar surface area (TPSA) is 29.1 Å². The third-order valence-electron chi connectivity index (χ3n) is 0.674. The van der Waals surface area contributed by atoms with E-state index in [-0.39, 0.29) is 5.91 Å². The predicted octanol–water partition coefficient (Wildman–Crippen LogP) is 0.735. The van der Waals surface area contributed by atoms with Gasteiger partial charge < -0.3 is 5.32 Å². The summed E-state index contributed by atoms with van der Waals surface area (Å²) < 4.78 is 0. The minimum atomic E-state index is 0.185. The van der Waals surface area contributed by atoms with Crippen LogP contribution in [0.2, 0.25) is 6.82 Å². The molecule has 52 valence electrons. The summed E-state index contributed by atoms with van der Waals surface area (Å²) in [5, 5.41) is 2.57. The lowest BCUT2D eigenvalue weighted by molar-refractivity contribution is -0.125. The fourth-order valence-electron chi connectivity index (χ4n) is 0.227. The molecule has 0 atom stereocenters. The van der Waals surface area contributed by atoms with E-state index in [2.05, 4.69) is 13.2 Å². The molecule has 0 aliphatic carbocycles. The Labute approximate surface area is 58.4 Å². The SMILES string of the molecule is CC.O=C1CCN1.[B]C. The minimum Gasteiger partial charge on any atom is -0.356 e. The third-order valence-corrected chi connectivity index (χ3v) is 0.674. The van der Waals surface area contributed by atoms with Crippen LogP contribution in [0.1, 0.15) is 20.3 Å². The van der Waals surface area contributed by atoms with Crippen molar-refractivity contribution in [1.82, 2.24) is 5.32 Å². The molecule has 9 heavy (non-hydrogen) atoms. The standard InChI is InChI=1S/C3H5NO.C2H6.CH3B/c5-3-1-2-4-3;2*1-2/h1-2H2,(H,4,5);1-2H3;1H3. The second-order valence-corrected chi connectivity index (χ2v) is 1.10. The van der Waals surface area contributed by atoms with E-state index in [1.54, 1.807) is 0 Å². The van der Waals surface area contributed by atoms with Crippen molar-refractivity contribution in [3.05, 3.63) is 0 Å². The van der Waals surface area contributed by atoms with Crippen LogP contribution in [0.5, 0.6) is 0 Å². The molecule has 0 saturated carbocycles. The van der Waals surface area contributed by atoms with Crippen LogP contribution in [-0.4, -0.2) is 20.3 Å². The van der Waals surface area contributed by atoms with Crippen molar-refractivity contribution in [3.8, 4) is 0 Å². The van der Waals surface area contributed by atoms with Crippen molar-refractivity contribution in [1.29, 1.82) is 0 Å². The summed E-state index contributed by atoms with van der Waals surface area (Å²) in [4.78, 5) is 9.79. The molecular formula is C6H14BNO. The molecule has 0 unspecified atom stereocenters. The quantitative estimate of drug-likeness (QED) is 0.377. The molecule has 2 radical (unpaired) electrons. The van der Waals surface area contributed by atoms with Gasteiger partial charge in [-0.15, -0.1) is 0 Å². The molecule has 1 aliphatic rings. The second kappa shape index (κ2) is 10.5. The van der Waals surface area contributed by atoms with Gasteiger partial charge in [-0.05, 0) is 0 Å². The zero-order valence-electron chi connectivity index (χ0n) is 6.40. The summed E-state index contributed by atoms with van der Waals surface area (Å²) in [5.74, 6) is 0.185. The first kappa shape index (κ1) is 11.3. The molecule has 3 heteroatoms. The van der Waals surface area contributed by atoms with Gasteiger partial charge in [0.15, 0.2) is 0 Å². The number of carbonyl (C=O) groups excluding carboxylic acids is 1. The summed E-state index contributed by atoms with van der Waals surface area (Å²) in [7, 11) is 4.50. The summed E-state index contributed by atoms with van der Waals surface area (Å²) in [6.45, 7) is 6.39. The number of amides is 1. The Morgan fingerprint density at radius 2 is 1.67 bits per heavy atom. The first-order chi connectivity index (χ1) is 4.39. The van der Waals surface area contributed by atoms with Crippen molar-refractivity contribution in [3.63, 3.8) is 0 Å². The maximum absolute atomic E-state index is 9.79. The largest absolute Gasteiger partial charge is 0.356 e. The van der Waals surface area contributed by atoms with Gasteiger partial charge in [-0.2, -0.15) is 0 Å². The van der Waals surface area contributed by atoms with Gasteiger partial charge in [0.1, 0.15) is 0 Å². The highest BCUT2D eigenvalue weighted by Gasteiger charge is 2.07. The molecule has 2 nitrogen and oxygen atoms in total. The lowest BCUT2D eigenvalue weighted by Gasteiger charge is -2.10. The van der Waals surface area contributed by atoms with Gasteiger partial charge in [0.25, 0.3) is 0 Å². The zero-order valence-corrected chi connectivity index (χ0v) is 6.40. The van der Waals surface area contributed by atoms with Crippen molar-refractivity contribution in [2.24, 2.45) is 0 Å². The second-order valence-electron chi connectivity index (χ2n) is 1.10. The van der Waals surface area contributed by atoms with Crippen LogP contribution in [0.15, 0.2) is 0 Å². The van der Waals surface area contributed by atoms with Gasteiger partial charge >= 0.3 is 0 Å². The zero-order chi connectivity index (χ0) is 7.70. The summed E-state index contributed by atoms with van der Waals surface area (Å²) in [6.07, 6.45) is 0.736. The molecular weight excluding hydrogens is 113 g/mol. The van der Waals surface area contributed by atoms with Crippen LogP contribution in [-0.2, 0) is 4.79 Å². The monoisotopic (exact) mass is 127 g/mol. The number of nitrogens with one attached hydrogen (secondary N) is 1. The van der Waals surface area contributed by atoms with Crippen molar-refractivity contribution < 1.29 is 4.79 Å². The van der Waals surface area contributed by atoms with E-state index in [1.807, 2.05) is 13.8 Å². The van der Waals surface area contributed by atoms with Crippen LogP contribution in [0.25, 0.3) is 0 Å². The van der Waals surface area contributed by atoms with Crippen LogP contribution in [0, 0.1) is 0 Å². The van der Waals surface area contributed by atoms with Crippen LogP contribution in [0.3, 0.4) is 0 Å². The van der Waals surface area contributed by atoms with E-state index >= 15 is 0 Å². The molecule has 0 aromatic heterocycles. The summed E-state index contributed by atoms with van der Waals surface area (Å²) in [5.41, 5.74) is 0. The first-order valence-corrected chi connectivity index (χ1v) is 3.24. The van der Waals surface area contributed by atoms with E-state index in [0.29, 0.717) is 0 Å². The number of rotatable bonds is 0. The summed E-state index contributed by atoms with van der Waals surface area (Å²) in [6, 6.07) is 0. The molecule has 0 aromatic rings. The first-order valence-electron chi connectivity index (χ1n) is 3.24. The maximum Gasteiger partial charge on any atom is 0.221 e. The average molecular weight is 127 g/mol. The molecule has 0 spiro atoms. The molecule has 1 amide bonds. The Morgan fingerprint density at radius 3 is 1.67 bits per heavy atom. The normalized spacial score (nSPS) is 12.6. The summed E-state index contributed by atoms with van der Waals surface area (Å²) >= 11 is 0. The molecule has 1 heterocycles. The van der Waals surface area contributed by atoms with Gasteiger partial charge in [0, 0.05) is 13.0 Å². The van der Waals surface area contributed by atoms with E-state index in [4.69, 9.17) is 0 Å². The Morgan fingerprint density at radius 1 is 1.44 bits per heavy atom. The molecule has 0 bridgehead atoms. The van der Waals surface area contributed by atoms with Crippen LogP contribution < -0.4 is 5.32 Å². The van der Waals surface area contributed by atoms with E-state index < -0.39 is 0 Å². The van der Waals surface area contributed by atoms with Gasteiger partial charge in [-0.1, -0.05) is 20.7 Å². The highest BCUT2D eigenvalue weighted by molar-refractivity contribution is 6.05. The van der Waals surface area contributed by atoms with Crippen LogP contribution in [0.4, 0.5) is 0 Å². The number of β-lactam (4-membered cyclic amide) rings is 1. The van der Waals surface area contributed by atoms with Crippen LogP contribution >= 0.6 is 0 Å². The smallest absolute Gasteiger partial charge is 0.221 e. The molecule has 1 aliphatic heterocycles. The molecule has 1 fully saturated rings. The number of hydrogen-bond acceptors (Lipinski definition) is 1. The highest BCUT2D eigenvalue weighted by Crippen LogP contribution is 1.85. The van der Waals surface area contributed by atoms with E-state index in [0.717, 1.165) is 13.0 Å². The van der Waals surface area contributed by atoms with Crippen molar-refractivity contribution in [2.75, 3.05) is 6.54 Å². The fraction of sp³-hybridized carbons (Fsp3) is 0.833. The number of hydrogen-bond donors (Lipinski definition) is 1. The van der Waals surface area contributed by atoms with Gasteiger partial charge in [0.2, 0.25) is 5.91 Å². The highest BCUT2D eigenvalue weighted by atomic mass is 16.2. The lowest BCUT2D eigenvalue weighted by Crippen LogP contribution is -2.37.